The topological polar surface area (TPSA) is 32.3 Å². The third kappa shape index (κ3) is 2.90. The molecule has 0 fully saturated rings. The van der Waals surface area contributed by atoms with E-state index in [-0.39, 0.29) is 11.4 Å². The highest BCUT2D eigenvalue weighted by Crippen LogP contribution is 2.35. The molecule has 1 aliphatic rings. The van der Waals surface area contributed by atoms with Crippen LogP contribution in [0.2, 0.25) is 0 Å². The van der Waals surface area contributed by atoms with Crippen molar-refractivity contribution in [3.63, 3.8) is 0 Å². The Kier molecular flexibility index (Phi) is 3.65. The summed E-state index contributed by atoms with van der Waals surface area (Å²) in [6.07, 6.45) is 0. The summed E-state index contributed by atoms with van der Waals surface area (Å²) in [5.74, 6) is 0.0495. The van der Waals surface area contributed by atoms with E-state index >= 15 is 0 Å². The molecule has 3 nitrogen and oxygen atoms in total. The summed E-state index contributed by atoms with van der Waals surface area (Å²) in [6, 6.07) is 15.7. The van der Waals surface area contributed by atoms with Crippen molar-refractivity contribution in [3.8, 4) is 0 Å². The van der Waals surface area contributed by atoms with E-state index in [1.54, 1.807) is 0 Å². The lowest BCUT2D eigenvalue weighted by Crippen LogP contribution is -2.50. The van der Waals surface area contributed by atoms with Gasteiger partial charge in [0, 0.05) is 21.2 Å². The first-order valence-corrected chi connectivity index (χ1v) is 7.99. The fourth-order valence-corrected chi connectivity index (χ4v) is 2.99. The van der Waals surface area contributed by atoms with Crippen molar-refractivity contribution in [1.82, 2.24) is 0 Å². The molecular weight excluding hydrogens is 375 g/mol. The summed E-state index contributed by atoms with van der Waals surface area (Å²) in [7, 11) is 0. The van der Waals surface area contributed by atoms with Crippen molar-refractivity contribution in [2.75, 3.05) is 16.8 Å². The number of para-hydroxylation sites is 2. The molecule has 1 aliphatic heterocycles. The first-order valence-electron chi connectivity index (χ1n) is 6.91. The Morgan fingerprint density at radius 2 is 1.81 bits per heavy atom. The van der Waals surface area contributed by atoms with E-state index in [9.17, 15) is 4.79 Å². The van der Waals surface area contributed by atoms with Crippen LogP contribution in [0, 0.1) is 3.57 Å². The molecule has 2 aromatic rings. The van der Waals surface area contributed by atoms with Crippen LogP contribution >= 0.6 is 22.6 Å². The number of hydrogen-bond donors (Lipinski definition) is 1. The quantitative estimate of drug-likeness (QED) is 0.740. The Hall–Kier alpha value is -1.56. The lowest BCUT2D eigenvalue weighted by Gasteiger charge is -2.40. The number of halogens is 1. The summed E-state index contributed by atoms with van der Waals surface area (Å²) in [5.41, 5.74) is 2.53. The third-order valence-corrected chi connectivity index (χ3v) is 4.28. The molecule has 0 aromatic heterocycles. The molecule has 0 unspecified atom stereocenters. The van der Waals surface area contributed by atoms with Crippen LogP contribution in [0.25, 0.3) is 0 Å². The van der Waals surface area contributed by atoms with Crippen LogP contribution in [-0.4, -0.2) is 18.0 Å². The molecule has 0 radical (unpaired) electrons. The second kappa shape index (κ2) is 5.33. The van der Waals surface area contributed by atoms with E-state index in [0.717, 1.165) is 20.5 Å². The van der Waals surface area contributed by atoms with Crippen LogP contribution in [0.5, 0.6) is 0 Å². The maximum Gasteiger partial charge on any atom is 0.258 e. The Balaban J connectivity index is 2.01. The van der Waals surface area contributed by atoms with E-state index in [0.29, 0.717) is 6.54 Å². The van der Waals surface area contributed by atoms with Gasteiger partial charge in [-0.25, -0.2) is 0 Å². The fraction of sp³-hybridized carbons (Fsp3) is 0.235. The van der Waals surface area contributed by atoms with E-state index in [2.05, 4.69) is 41.8 Å². The number of fused-ring (bicyclic) bond motifs is 1. The number of rotatable bonds is 1. The summed E-state index contributed by atoms with van der Waals surface area (Å²) in [5, 5.41) is 3.49. The molecule has 1 N–H and O–H groups in total. The highest BCUT2D eigenvalue weighted by molar-refractivity contribution is 14.1. The van der Waals surface area contributed by atoms with E-state index in [4.69, 9.17) is 0 Å². The summed E-state index contributed by atoms with van der Waals surface area (Å²) < 4.78 is 1.13. The molecule has 0 atom stereocenters. The zero-order chi connectivity index (χ0) is 15.0. The number of nitrogens with zero attached hydrogens (tertiary/aromatic N) is 1. The van der Waals surface area contributed by atoms with Gasteiger partial charge in [-0.3, -0.25) is 4.79 Å². The Labute approximate surface area is 138 Å². The largest absolute Gasteiger partial charge is 0.377 e. The van der Waals surface area contributed by atoms with Gasteiger partial charge in [-0.2, -0.15) is 0 Å². The molecule has 0 saturated carbocycles. The van der Waals surface area contributed by atoms with Crippen LogP contribution < -0.4 is 10.2 Å². The predicted octanol–water partition coefficient (Wildman–Crippen LogP) is 4.14. The normalized spacial score (nSPS) is 16.0. The maximum atomic E-state index is 12.9. The average molecular weight is 392 g/mol. The first-order chi connectivity index (χ1) is 9.96. The molecule has 4 heteroatoms. The number of benzene rings is 2. The van der Waals surface area contributed by atoms with Crippen LogP contribution in [-0.2, 0) is 0 Å². The zero-order valence-electron chi connectivity index (χ0n) is 12.1. The lowest BCUT2D eigenvalue weighted by molar-refractivity contribution is 0.0981. The highest BCUT2D eigenvalue weighted by atomic mass is 127. The van der Waals surface area contributed by atoms with E-state index in [1.807, 2.05) is 53.4 Å². The van der Waals surface area contributed by atoms with Crippen LogP contribution in [0.4, 0.5) is 11.4 Å². The molecule has 108 valence electrons. The van der Waals surface area contributed by atoms with Crippen molar-refractivity contribution in [1.29, 1.82) is 0 Å². The van der Waals surface area contributed by atoms with Gasteiger partial charge in [0.05, 0.1) is 11.4 Å². The molecule has 2 aromatic carbocycles. The third-order valence-electron chi connectivity index (χ3n) is 3.56. The van der Waals surface area contributed by atoms with E-state index in [1.165, 1.54) is 0 Å². The number of carbonyl (C=O) groups excluding carboxylic acids is 1. The molecule has 3 rings (SSSR count). The summed E-state index contributed by atoms with van der Waals surface area (Å²) in [6.45, 7) is 4.86. The molecule has 0 bridgehead atoms. The van der Waals surface area contributed by atoms with Gasteiger partial charge in [-0.15, -0.1) is 0 Å². The molecule has 0 spiro atoms. The van der Waals surface area contributed by atoms with Gasteiger partial charge in [0.15, 0.2) is 0 Å². The second-order valence-corrected chi connectivity index (χ2v) is 7.17. The monoisotopic (exact) mass is 392 g/mol. The van der Waals surface area contributed by atoms with Gasteiger partial charge in [0.2, 0.25) is 0 Å². The molecule has 0 saturated heterocycles. The van der Waals surface area contributed by atoms with Crippen LogP contribution in [0.3, 0.4) is 0 Å². The zero-order valence-corrected chi connectivity index (χ0v) is 14.2. The van der Waals surface area contributed by atoms with Crippen LogP contribution in [0.15, 0.2) is 48.5 Å². The Morgan fingerprint density at radius 3 is 2.52 bits per heavy atom. The van der Waals surface area contributed by atoms with Gasteiger partial charge in [-0.1, -0.05) is 12.1 Å². The minimum absolute atomic E-state index is 0.0495. The smallest absolute Gasteiger partial charge is 0.258 e. The van der Waals surface area contributed by atoms with Gasteiger partial charge in [0.1, 0.15) is 0 Å². The first kappa shape index (κ1) is 14.4. The lowest BCUT2D eigenvalue weighted by atomic mass is 9.98. The molecule has 1 amide bonds. The predicted molar refractivity (Wildman–Crippen MR) is 95.0 cm³/mol. The summed E-state index contributed by atoms with van der Waals surface area (Å²) in [4.78, 5) is 14.7. The number of amides is 1. The van der Waals surface area contributed by atoms with Crippen molar-refractivity contribution in [2.45, 2.75) is 19.4 Å². The average Bonchev–Trinajstić information content (AvgIpc) is 2.45. The van der Waals surface area contributed by atoms with Crippen LogP contribution in [0.1, 0.15) is 24.2 Å². The van der Waals surface area contributed by atoms with Crippen molar-refractivity contribution in [3.05, 3.63) is 57.7 Å². The van der Waals surface area contributed by atoms with E-state index < -0.39 is 0 Å². The Bertz CT molecular complexity index is 679. The standard InChI is InChI=1S/C17H17IN2O/c1-17(2)11-20(15-6-4-3-5-14(15)19-17)16(21)12-7-9-13(18)10-8-12/h3-10,19H,11H2,1-2H3. The van der Waals surface area contributed by atoms with Gasteiger partial charge in [0.25, 0.3) is 5.91 Å². The second-order valence-electron chi connectivity index (χ2n) is 5.92. The SMILES string of the molecule is CC1(C)CN(C(=O)c2ccc(I)cc2)c2ccccc2N1. The minimum atomic E-state index is -0.146. The fourth-order valence-electron chi connectivity index (χ4n) is 2.63. The number of anilines is 2. The molecular formula is C17H17IN2O. The molecule has 0 aliphatic carbocycles. The molecule has 1 heterocycles. The van der Waals surface area contributed by atoms with Crippen molar-refractivity contribution in [2.24, 2.45) is 0 Å². The van der Waals surface area contributed by atoms with Crippen molar-refractivity contribution < 1.29 is 4.79 Å². The highest BCUT2D eigenvalue weighted by Gasteiger charge is 2.32. The van der Waals surface area contributed by atoms with Gasteiger partial charge >= 0.3 is 0 Å². The number of nitrogens with one attached hydrogen (secondary N) is 1. The van der Waals surface area contributed by atoms with Gasteiger partial charge < -0.3 is 10.2 Å². The molecule has 21 heavy (non-hydrogen) atoms. The Morgan fingerprint density at radius 1 is 1.14 bits per heavy atom. The maximum absolute atomic E-state index is 12.9. The number of hydrogen-bond acceptors (Lipinski definition) is 2. The van der Waals surface area contributed by atoms with Crippen molar-refractivity contribution >= 4 is 39.9 Å². The summed E-state index contributed by atoms with van der Waals surface area (Å²) >= 11 is 2.25. The number of carbonyl (C=O) groups is 1. The minimum Gasteiger partial charge on any atom is -0.377 e. The van der Waals surface area contributed by atoms with Gasteiger partial charge in [-0.05, 0) is 72.8 Å².